The van der Waals surface area contributed by atoms with Crippen molar-refractivity contribution in [3.05, 3.63) is 34.4 Å². The van der Waals surface area contributed by atoms with E-state index in [1.807, 2.05) is 0 Å². The van der Waals surface area contributed by atoms with Gasteiger partial charge in [0.25, 0.3) is 0 Å². The normalized spacial score (nSPS) is 11.2. The van der Waals surface area contributed by atoms with Crippen LogP contribution in [0.15, 0.2) is 12.1 Å². The van der Waals surface area contributed by atoms with Crippen molar-refractivity contribution in [2.45, 2.75) is 27.3 Å². The third kappa shape index (κ3) is 4.11. The first-order valence-electron chi connectivity index (χ1n) is 6.27. The van der Waals surface area contributed by atoms with Crippen LogP contribution >= 0.6 is 0 Å². The van der Waals surface area contributed by atoms with E-state index in [1.54, 1.807) is 0 Å². The Morgan fingerprint density at radius 2 is 1.41 bits per heavy atom. The molecular formula is C14H25N3. The molecule has 96 valence electrons. The van der Waals surface area contributed by atoms with Gasteiger partial charge < -0.3 is 11.5 Å². The quantitative estimate of drug-likeness (QED) is 0.782. The van der Waals surface area contributed by atoms with Crippen molar-refractivity contribution in [2.24, 2.45) is 11.5 Å². The van der Waals surface area contributed by atoms with Gasteiger partial charge >= 0.3 is 0 Å². The summed E-state index contributed by atoms with van der Waals surface area (Å²) >= 11 is 0. The number of aryl methyl sites for hydroxylation is 3. The average Bonchev–Trinajstić information content (AvgIpc) is 2.23. The lowest BCUT2D eigenvalue weighted by molar-refractivity contribution is 0.280. The molecule has 3 nitrogen and oxygen atoms in total. The van der Waals surface area contributed by atoms with Gasteiger partial charge in [0.05, 0.1) is 0 Å². The molecule has 1 aromatic carbocycles. The van der Waals surface area contributed by atoms with Crippen molar-refractivity contribution in [1.29, 1.82) is 0 Å². The minimum atomic E-state index is 0.684. The molecule has 0 spiro atoms. The fourth-order valence-electron chi connectivity index (χ4n) is 2.32. The van der Waals surface area contributed by atoms with Crippen LogP contribution in [0.2, 0.25) is 0 Å². The highest BCUT2D eigenvalue weighted by atomic mass is 15.1. The Bertz CT molecular complexity index is 331. The zero-order valence-corrected chi connectivity index (χ0v) is 11.3. The zero-order chi connectivity index (χ0) is 12.8. The molecule has 4 N–H and O–H groups in total. The van der Waals surface area contributed by atoms with Gasteiger partial charge in [-0.25, -0.2) is 0 Å². The first-order valence-corrected chi connectivity index (χ1v) is 6.27. The van der Waals surface area contributed by atoms with Gasteiger partial charge in [0.15, 0.2) is 0 Å². The topological polar surface area (TPSA) is 55.3 Å². The summed E-state index contributed by atoms with van der Waals surface area (Å²) in [6.07, 6.45) is 0. The van der Waals surface area contributed by atoms with E-state index in [1.165, 1.54) is 22.3 Å². The molecule has 0 aliphatic heterocycles. The van der Waals surface area contributed by atoms with Gasteiger partial charge in [-0.15, -0.1) is 0 Å². The van der Waals surface area contributed by atoms with Crippen molar-refractivity contribution in [3.63, 3.8) is 0 Å². The summed E-state index contributed by atoms with van der Waals surface area (Å²) in [6.45, 7) is 10.6. The van der Waals surface area contributed by atoms with E-state index in [0.717, 1.165) is 19.6 Å². The third-order valence-corrected chi connectivity index (χ3v) is 3.11. The van der Waals surface area contributed by atoms with E-state index in [9.17, 15) is 0 Å². The van der Waals surface area contributed by atoms with Crippen molar-refractivity contribution in [3.8, 4) is 0 Å². The number of hydrogen-bond acceptors (Lipinski definition) is 3. The van der Waals surface area contributed by atoms with E-state index in [4.69, 9.17) is 11.5 Å². The molecule has 0 atom stereocenters. The Kier molecular flexibility index (Phi) is 5.62. The van der Waals surface area contributed by atoms with Gasteiger partial charge in [0.1, 0.15) is 0 Å². The summed E-state index contributed by atoms with van der Waals surface area (Å²) < 4.78 is 0. The minimum Gasteiger partial charge on any atom is -0.329 e. The zero-order valence-electron chi connectivity index (χ0n) is 11.3. The molecule has 0 fully saturated rings. The Labute approximate surface area is 105 Å². The summed E-state index contributed by atoms with van der Waals surface area (Å²) in [6, 6.07) is 4.48. The summed E-state index contributed by atoms with van der Waals surface area (Å²) in [4.78, 5) is 2.32. The number of nitrogens with zero attached hydrogens (tertiary/aromatic N) is 1. The highest BCUT2D eigenvalue weighted by Gasteiger charge is 2.09. The first-order chi connectivity index (χ1) is 8.08. The lowest BCUT2D eigenvalue weighted by atomic mass is 9.99. The van der Waals surface area contributed by atoms with Crippen molar-refractivity contribution >= 4 is 0 Å². The Morgan fingerprint density at radius 1 is 0.941 bits per heavy atom. The molecule has 0 radical (unpaired) electrons. The molecule has 0 aliphatic carbocycles. The second kappa shape index (κ2) is 6.74. The molecule has 0 amide bonds. The molecule has 0 aromatic heterocycles. The number of nitrogens with two attached hydrogens (primary N) is 2. The van der Waals surface area contributed by atoms with Crippen LogP contribution in [-0.4, -0.2) is 31.1 Å². The Balaban J connectivity index is 2.84. The van der Waals surface area contributed by atoms with Crippen molar-refractivity contribution in [2.75, 3.05) is 26.2 Å². The van der Waals surface area contributed by atoms with E-state index in [0.29, 0.717) is 13.1 Å². The maximum Gasteiger partial charge on any atom is 0.0240 e. The van der Waals surface area contributed by atoms with Crippen LogP contribution in [0.3, 0.4) is 0 Å². The minimum absolute atomic E-state index is 0.684. The van der Waals surface area contributed by atoms with Gasteiger partial charge in [-0.05, 0) is 37.5 Å². The highest BCUT2D eigenvalue weighted by Crippen LogP contribution is 2.18. The second-order valence-corrected chi connectivity index (χ2v) is 4.73. The van der Waals surface area contributed by atoms with Gasteiger partial charge in [0, 0.05) is 32.7 Å². The monoisotopic (exact) mass is 235 g/mol. The maximum absolute atomic E-state index is 5.63. The van der Waals surface area contributed by atoms with Gasteiger partial charge in [-0.1, -0.05) is 17.7 Å². The smallest absolute Gasteiger partial charge is 0.0240 e. The van der Waals surface area contributed by atoms with E-state index < -0.39 is 0 Å². The molecule has 1 rings (SSSR count). The molecule has 0 unspecified atom stereocenters. The van der Waals surface area contributed by atoms with E-state index in [2.05, 4.69) is 37.8 Å². The molecule has 0 saturated carbocycles. The van der Waals surface area contributed by atoms with Gasteiger partial charge in [-0.3, -0.25) is 4.90 Å². The predicted molar refractivity (Wildman–Crippen MR) is 74.0 cm³/mol. The first kappa shape index (κ1) is 14.2. The van der Waals surface area contributed by atoms with Crippen LogP contribution in [0, 0.1) is 20.8 Å². The summed E-state index contributed by atoms with van der Waals surface area (Å²) in [5, 5.41) is 0. The fourth-order valence-corrected chi connectivity index (χ4v) is 2.32. The number of rotatable bonds is 6. The predicted octanol–water partition coefficient (Wildman–Crippen LogP) is 1.33. The molecule has 3 heteroatoms. The Hall–Kier alpha value is -0.900. The number of benzene rings is 1. The van der Waals surface area contributed by atoms with Crippen LogP contribution in [0.25, 0.3) is 0 Å². The van der Waals surface area contributed by atoms with Crippen LogP contribution in [0.1, 0.15) is 22.3 Å². The van der Waals surface area contributed by atoms with E-state index in [-0.39, 0.29) is 0 Å². The largest absolute Gasteiger partial charge is 0.329 e. The number of hydrogen-bond donors (Lipinski definition) is 2. The SMILES string of the molecule is Cc1cc(C)c(CN(CCN)CCN)c(C)c1. The standard InChI is InChI=1S/C14H25N3/c1-11-8-12(2)14(13(3)9-11)10-17(6-4-15)7-5-16/h8-9H,4-7,10,15-16H2,1-3H3. The third-order valence-electron chi connectivity index (χ3n) is 3.11. The highest BCUT2D eigenvalue weighted by molar-refractivity contribution is 5.37. The van der Waals surface area contributed by atoms with Crippen LogP contribution < -0.4 is 11.5 Å². The molecule has 0 aliphatic rings. The second-order valence-electron chi connectivity index (χ2n) is 4.73. The Morgan fingerprint density at radius 3 is 1.82 bits per heavy atom. The summed E-state index contributed by atoms with van der Waals surface area (Å²) in [5.41, 5.74) is 16.7. The molecule has 1 aromatic rings. The molecule has 0 heterocycles. The van der Waals surface area contributed by atoms with Crippen LogP contribution in [-0.2, 0) is 6.54 Å². The molecular weight excluding hydrogens is 210 g/mol. The molecule has 0 bridgehead atoms. The van der Waals surface area contributed by atoms with Crippen LogP contribution in [0.5, 0.6) is 0 Å². The fraction of sp³-hybridized carbons (Fsp3) is 0.571. The lowest BCUT2D eigenvalue weighted by Crippen LogP contribution is -2.33. The average molecular weight is 235 g/mol. The van der Waals surface area contributed by atoms with Crippen molar-refractivity contribution in [1.82, 2.24) is 4.90 Å². The summed E-state index contributed by atoms with van der Waals surface area (Å²) in [5.74, 6) is 0. The molecule has 0 saturated heterocycles. The van der Waals surface area contributed by atoms with Gasteiger partial charge in [0.2, 0.25) is 0 Å². The molecule has 17 heavy (non-hydrogen) atoms. The lowest BCUT2D eigenvalue weighted by Gasteiger charge is -2.23. The van der Waals surface area contributed by atoms with Crippen molar-refractivity contribution < 1.29 is 0 Å². The maximum atomic E-state index is 5.63. The summed E-state index contributed by atoms with van der Waals surface area (Å²) in [7, 11) is 0. The van der Waals surface area contributed by atoms with Crippen LogP contribution in [0.4, 0.5) is 0 Å². The van der Waals surface area contributed by atoms with E-state index >= 15 is 0 Å². The van der Waals surface area contributed by atoms with Gasteiger partial charge in [-0.2, -0.15) is 0 Å².